The molecular formula is C24H26O9. The van der Waals surface area contributed by atoms with Crippen LogP contribution in [0.5, 0.6) is 23.0 Å². The van der Waals surface area contributed by atoms with Crippen LogP contribution in [0, 0.1) is 0 Å². The summed E-state index contributed by atoms with van der Waals surface area (Å²) in [7, 11) is 3.03. The summed E-state index contributed by atoms with van der Waals surface area (Å²) in [6, 6.07) is 10.2. The van der Waals surface area contributed by atoms with E-state index in [0.717, 1.165) is 12.2 Å². The van der Waals surface area contributed by atoms with Crippen molar-refractivity contribution in [2.75, 3.05) is 40.6 Å². The third-order valence-corrected chi connectivity index (χ3v) is 4.18. The minimum absolute atomic E-state index is 0.251. The summed E-state index contributed by atoms with van der Waals surface area (Å²) in [6.45, 7) is 1.09. The van der Waals surface area contributed by atoms with E-state index >= 15 is 0 Å². The molecule has 0 aliphatic carbocycles. The smallest absolute Gasteiger partial charge is 0.328 e. The van der Waals surface area contributed by atoms with Crippen molar-refractivity contribution in [3.8, 4) is 23.0 Å². The topological polar surface area (TPSA) is 121 Å². The fourth-order valence-corrected chi connectivity index (χ4v) is 2.68. The molecule has 9 nitrogen and oxygen atoms in total. The van der Waals surface area contributed by atoms with Crippen LogP contribution >= 0.6 is 0 Å². The standard InChI is InChI=1S/C24H26O9/c1-29-19-7-3-17(5-9-23(25)26)15-21(19)32-13-11-31-12-14-33-22-16-18(6-10-24(27)28)4-8-20(22)30-2/h3-10,15-16H,11-14H2,1-2H3,(H,25,26)(H,27,28)/b9-5+,10-6+. The minimum Gasteiger partial charge on any atom is -0.493 e. The van der Waals surface area contributed by atoms with Crippen LogP contribution in [-0.2, 0) is 14.3 Å². The Kier molecular flexibility index (Phi) is 10.3. The van der Waals surface area contributed by atoms with Crippen LogP contribution in [0.15, 0.2) is 48.6 Å². The highest BCUT2D eigenvalue weighted by atomic mass is 16.6. The van der Waals surface area contributed by atoms with Crippen molar-refractivity contribution in [2.24, 2.45) is 0 Å². The summed E-state index contributed by atoms with van der Waals surface area (Å²) in [5, 5.41) is 17.5. The van der Waals surface area contributed by atoms with Gasteiger partial charge in [-0.1, -0.05) is 12.1 Å². The van der Waals surface area contributed by atoms with E-state index in [9.17, 15) is 9.59 Å². The number of rotatable bonds is 14. The van der Waals surface area contributed by atoms with Gasteiger partial charge in [0.2, 0.25) is 0 Å². The highest BCUT2D eigenvalue weighted by molar-refractivity contribution is 5.86. The molecule has 0 heterocycles. The predicted molar refractivity (Wildman–Crippen MR) is 121 cm³/mol. The van der Waals surface area contributed by atoms with Gasteiger partial charge in [0.1, 0.15) is 13.2 Å². The summed E-state index contributed by atoms with van der Waals surface area (Å²) >= 11 is 0. The Labute approximate surface area is 191 Å². The van der Waals surface area contributed by atoms with E-state index in [1.165, 1.54) is 26.4 Å². The molecule has 0 saturated carbocycles. The molecule has 2 rings (SSSR count). The molecule has 0 amide bonds. The van der Waals surface area contributed by atoms with E-state index in [4.69, 9.17) is 33.9 Å². The zero-order valence-electron chi connectivity index (χ0n) is 18.4. The molecule has 0 aromatic heterocycles. The summed E-state index contributed by atoms with van der Waals surface area (Å²) in [5.74, 6) is -0.0823. The minimum atomic E-state index is -1.04. The first-order chi connectivity index (χ1) is 15.9. The van der Waals surface area contributed by atoms with Gasteiger partial charge in [0.15, 0.2) is 23.0 Å². The molecule has 0 saturated heterocycles. The number of ether oxygens (including phenoxy) is 5. The van der Waals surface area contributed by atoms with Crippen molar-refractivity contribution < 1.29 is 43.5 Å². The second-order valence-corrected chi connectivity index (χ2v) is 6.47. The summed E-state index contributed by atoms with van der Waals surface area (Å²) in [5.41, 5.74) is 1.33. The summed E-state index contributed by atoms with van der Waals surface area (Å²) in [6.07, 6.45) is 5.01. The number of aliphatic carboxylic acids is 2. The zero-order chi connectivity index (χ0) is 24.1. The second-order valence-electron chi connectivity index (χ2n) is 6.47. The zero-order valence-corrected chi connectivity index (χ0v) is 18.4. The maximum absolute atomic E-state index is 10.7. The first-order valence-electron chi connectivity index (χ1n) is 9.94. The lowest BCUT2D eigenvalue weighted by Crippen LogP contribution is -2.12. The van der Waals surface area contributed by atoms with E-state index in [2.05, 4.69) is 0 Å². The van der Waals surface area contributed by atoms with Crippen LogP contribution in [-0.4, -0.2) is 62.8 Å². The Hall–Kier alpha value is -3.98. The lowest BCUT2D eigenvalue weighted by atomic mass is 10.2. The number of benzene rings is 2. The van der Waals surface area contributed by atoms with Gasteiger partial charge in [0, 0.05) is 12.2 Å². The van der Waals surface area contributed by atoms with Crippen molar-refractivity contribution in [1.82, 2.24) is 0 Å². The van der Waals surface area contributed by atoms with Gasteiger partial charge in [-0.2, -0.15) is 0 Å². The first kappa shape index (κ1) is 25.3. The molecular weight excluding hydrogens is 432 g/mol. The largest absolute Gasteiger partial charge is 0.493 e. The molecule has 0 aliphatic heterocycles. The molecule has 0 spiro atoms. The average Bonchev–Trinajstić information content (AvgIpc) is 2.80. The maximum atomic E-state index is 10.7. The molecule has 33 heavy (non-hydrogen) atoms. The Balaban J connectivity index is 1.80. The number of carbonyl (C=O) groups is 2. The highest BCUT2D eigenvalue weighted by Crippen LogP contribution is 2.29. The van der Waals surface area contributed by atoms with Gasteiger partial charge in [0.05, 0.1) is 27.4 Å². The predicted octanol–water partition coefficient (Wildman–Crippen LogP) is 3.37. The lowest BCUT2D eigenvalue weighted by Gasteiger charge is -2.13. The van der Waals surface area contributed by atoms with E-state index in [0.29, 0.717) is 47.3 Å². The molecule has 0 radical (unpaired) electrons. The summed E-state index contributed by atoms with van der Waals surface area (Å²) in [4.78, 5) is 21.3. The number of methoxy groups -OCH3 is 2. The van der Waals surface area contributed by atoms with E-state index in [1.54, 1.807) is 36.4 Å². The van der Waals surface area contributed by atoms with Gasteiger partial charge in [-0.3, -0.25) is 0 Å². The van der Waals surface area contributed by atoms with E-state index < -0.39 is 11.9 Å². The summed E-state index contributed by atoms with van der Waals surface area (Å²) < 4.78 is 27.4. The van der Waals surface area contributed by atoms with Crippen LogP contribution < -0.4 is 18.9 Å². The Morgan fingerprint density at radius 1 is 0.697 bits per heavy atom. The third kappa shape index (κ3) is 8.96. The number of carboxylic acids is 2. The third-order valence-electron chi connectivity index (χ3n) is 4.18. The van der Waals surface area contributed by atoms with Crippen molar-refractivity contribution in [3.05, 3.63) is 59.7 Å². The van der Waals surface area contributed by atoms with E-state index in [1.807, 2.05) is 0 Å². The van der Waals surface area contributed by atoms with Crippen LogP contribution in [0.1, 0.15) is 11.1 Å². The maximum Gasteiger partial charge on any atom is 0.328 e. The monoisotopic (exact) mass is 458 g/mol. The molecule has 176 valence electrons. The number of hydrogen-bond donors (Lipinski definition) is 2. The van der Waals surface area contributed by atoms with Crippen LogP contribution in [0.3, 0.4) is 0 Å². The highest BCUT2D eigenvalue weighted by Gasteiger charge is 2.07. The Bertz CT molecular complexity index is 916. The molecule has 0 unspecified atom stereocenters. The van der Waals surface area contributed by atoms with Crippen molar-refractivity contribution in [2.45, 2.75) is 0 Å². The van der Waals surface area contributed by atoms with E-state index in [-0.39, 0.29) is 13.2 Å². The molecule has 0 aliphatic rings. The van der Waals surface area contributed by atoms with Crippen molar-refractivity contribution in [3.63, 3.8) is 0 Å². The van der Waals surface area contributed by atoms with Gasteiger partial charge in [-0.25, -0.2) is 9.59 Å². The Morgan fingerprint density at radius 2 is 1.12 bits per heavy atom. The van der Waals surface area contributed by atoms with Crippen molar-refractivity contribution in [1.29, 1.82) is 0 Å². The molecule has 0 atom stereocenters. The van der Waals surface area contributed by atoms with Crippen LogP contribution in [0.4, 0.5) is 0 Å². The van der Waals surface area contributed by atoms with Gasteiger partial charge in [0.25, 0.3) is 0 Å². The molecule has 0 fully saturated rings. The second kappa shape index (κ2) is 13.4. The van der Waals surface area contributed by atoms with Gasteiger partial charge < -0.3 is 33.9 Å². The SMILES string of the molecule is COc1ccc(/C=C/C(=O)O)cc1OCCOCCOc1cc(/C=C/C(=O)O)ccc1OC. The fraction of sp³-hybridized carbons (Fsp3) is 0.250. The van der Waals surface area contributed by atoms with Crippen LogP contribution in [0.25, 0.3) is 12.2 Å². The lowest BCUT2D eigenvalue weighted by molar-refractivity contribution is -0.132. The molecule has 9 heteroatoms. The first-order valence-corrected chi connectivity index (χ1v) is 9.94. The van der Waals surface area contributed by atoms with Crippen LogP contribution in [0.2, 0.25) is 0 Å². The Morgan fingerprint density at radius 3 is 1.48 bits per heavy atom. The van der Waals surface area contributed by atoms with Crippen molar-refractivity contribution >= 4 is 24.1 Å². The molecule has 2 aromatic rings. The number of carboxylic acid groups (broad SMARTS) is 2. The molecule has 2 aromatic carbocycles. The van der Waals surface area contributed by atoms with Gasteiger partial charge in [-0.15, -0.1) is 0 Å². The van der Waals surface area contributed by atoms with Gasteiger partial charge >= 0.3 is 11.9 Å². The molecule has 0 bridgehead atoms. The van der Waals surface area contributed by atoms with Gasteiger partial charge in [-0.05, 0) is 47.5 Å². The quantitative estimate of drug-likeness (QED) is 0.324. The number of hydrogen-bond acceptors (Lipinski definition) is 7. The average molecular weight is 458 g/mol. The molecule has 2 N–H and O–H groups in total. The fourth-order valence-electron chi connectivity index (χ4n) is 2.68. The normalized spacial score (nSPS) is 11.0.